The van der Waals surface area contributed by atoms with Crippen molar-refractivity contribution in [2.75, 3.05) is 13.2 Å². The van der Waals surface area contributed by atoms with Crippen LogP contribution in [0.1, 0.15) is 58.5 Å². The van der Waals surface area contributed by atoms with Crippen LogP contribution in [-0.2, 0) is 30.1 Å². The summed E-state index contributed by atoms with van der Waals surface area (Å²) < 4.78 is 88.5. The molecular formula is C24H20ClF6N5O2. The Kier molecular flexibility index (Phi) is 6.84. The van der Waals surface area contributed by atoms with Gasteiger partial charge in [0, 0.05) is 24.9 Å². The Labute approximate surface area is 217 Å². The molecule has 1 aromatic carbocycles. The van der Waals surface area contributed by atoms with Crippen LogP contribution < -0.4 is 0 Å². The van der Waals surface area contributed by atoms with Gasteiger partial charge in [0.2, 0.25) is 5.82 Å². The number of carbonyl (C=O) groups excluding carboxylic acids is 1. The van der Waals surface area contributed by atoms with E-state index in [4.69, 9.17) is 16.3 Å². The zero-order valence-corrected chi connectivity index (χ0v) is 20.4. The third-order valence-corrected chi connectivity index (χ3v) is 6.89. The van der Waals surface area contributed by atoms with E-state index in [1.54, 1.807) is 6.07 Å². The molecule has 1 amide bonds. The van der Waals surface area contributed by atoms with Crippen LogP contribution in [0.5, 0.6) is 0 Å². The van der Waals surface area contributed by atoms with Crippen LogP contribution in [0.15, 0.2) is 30.5 Å². The molecule has 5 rings (SSSR count). The number of hydrogen-bond donors (Lipinski definition) is 0. The second kappa shape index (κ2) is 9.84. The van der Waals surface area contributed by atoms with Crippen LogP contribution >= 0.6 is 11.6 Å². The number of nitrogens with zero attached hydrogens (tertiary/aromatic N) is 5. The van der Waals surface area contributed by atoms with Gasteiger partial charge in [-0.2, -0.15) is 31.4 Å². The zero-order chi connectivity index (χ0) is 27.2. The van der Waals surface area contributed by atoms with E-state index in [1.165, 1.54) is 10.9 Å². The highest BCUT2D eigenvalue weighted by Crippen LogP contribution is 2.38. The Morgan fingerprint density at radius 3 is 2.53 bits per heavy atom. The van der Waals surface area contributed by atoms with Crippen LogP contribution in [0.4, 0.5) is 26.3 Å². The maximum Gasteiger partial charge on any atom is 0.451 e. The highest BCUT2D eigenvalue weighted by atomic mass is 35.5. The Balaban J connectivity index is 1.53. The molecule has 1 unspecified atom stereocenters. The molecule has 14 heteroatoms. The van der Waals surface area contributed by atoms with Crippen molar-refractivity contribution in [1.82, 2.24) is 24.6 Å². The lowest BCUT2D eigenvalue weighted by Gasteiger charge is -2.31. The van der Waals surface area contributed by atoms with Crippen molar-refractivity contribution in [3.05, 3.63) is 63.7 Å². The summed E-state index contributed by atoms with van der Waals surface area (Å²) in [4.78, 5) is 21.8. The van der Waals surface area contributed by atoms with E-state index in [0.717, 1.165) is 35.9 Å². The summed E-state index contributed by atoms with van der Waals surface area (Å²) in [6, 6.07) is 4.49. The molecule has 3 aromatic rings. The van der Waals surface area contributed by atoms with Gasteiger partial charge in [-0.1, -0.05) is 17.7 Å². The fraction of sp³-hybridized carbons (Fsp3) is 0.417. The van der Waals surface area contributed by atoms with Gasteiger partial charge in [-0.15, -0.1) is 0 Å². The van der Waals surface area contributed by atoms with E-state index in [1.807, 2.05) is 0 Å². The summed E-state index contributed by atoms with van der Waals surface area (Å²) in [5, 5.41) is 3.48. The molecule has 0 radical (unpaired) electrons. The molecule has 0 bridgehead atoms. The first-order chi connectivity index (χ1) is 17.9. The topological polar surface area (TPSA) is 73.1 Å². The van der Waals surface area contributed by atoms with Gasteiger partial charge in [0.25, 0.3) is 5.91 Å². The predicted molar refractivity (Wildman–Crippen MR) is 122 cm³/mol. The molecule has 4 heterocycles. The van der Waals surface area contributed by atoms with Gasteiger partial charge < -0.3 is 9.64 Å². The van der Waals surface area contributed by atoms with Crippen molar-refractivity contribution < 1.29 is 35.9 Å². The number of benzene rings is 1. The fourth-order valence-electron chi connectivity index (χ4n) is 4.68. The van der Waals surface area contributed by atoms with Gasteiger partial charge in [0.1, 0.15) is 0 Å². The van der Waals surface area contributed by atoms with E-state index < -0.39 is 46.5 Å². The van der Waals surface area contributed by atoms with Gasteiger partial charge in [0.05, 0.1) is 39.8 Å². The minimum Gasteiger partial charge on any atom is -0.356 e. The number of alkyl halides is 6. The fourth-order valence-corrected chi connectivity index (χ4v) is 4.99. The molecule has 2 aliphatic heterocycles. The maximum absolute atomic E-state index is 13.8. The molecule has 1 saturated heterocycles. The average molecular weight is 560 g/mol. The van der Waals surface area contributed by atoms with Gasteiger partial charge >= 0.3 is 12.4 Å². The number of rotatable bonds is 3. The Hall–Kier alpha value is -3.19. The van der Waals surface area contributed by atoms with Crippen molar-refractivity contribution >= 4 is 17.5 Å². The first kappa shape index (κ1) is 26.4. The van der Waals surface area contributed by atoms with Crippen LogP contribution in [0.2, 0.25) is 5.02 Å². The third kappa shape index (κ3) is 4.96. The van der Waals surface area contributed by atoms with Gasteiger partial charge in [-0.05, 0) is 43.9 Å². The van der Waals surface area contributed by atoms with Crippen molar-refractivity contribution in [2.24, 2.45) is 0 Å². The van der Waals surface area contributed by atoms with E-state index in [2.05, 4.69) is 15.1 Å². The molecule has 2 aliphatic rings. The Bertz CT molecular complexity index is 1370. The molecule has 0 N–H and O–H groups in total. The highest BCUT2D eigenvalue weighted by molar-refractivity contribution is 6.34. The average Bonchev–Trinajstić information content (AvgIpc) is 3.36. The number of amides is 1. The number of hydrogen-bond acceptors (Lipinski definition) is 5. The zero-order valence-electron chi connectivity index (χ0n) is 19.6. The smallest absolute Gasteiger partial charge is 0.356 e. The molecule has 38 heavy (non-hydrogen) atoms. The van der Waals surface area contributed by atoms with E-state index >= 15 is 0 Å². The molecule has 202 valence electrons. The molecule has 0 spiro atoms. The number of fused-ring (bicyclic) bond motifs is 1. The molecule has 1 atom stereocenters. The molecular weight excluding hydrogens is 540 g/mol. The number of halogens is 7. The summed E-state index contributed by atoms with van der Waals surface area (Å²) in [6.45, 7) is 0.135. The van der Waals surface area contributed by atoms with E-state index in [9.17, 15) is 31.1 Å². The van der Waals surface area contributed by atoms with Gasteiger partial charge in [-0.25, -0.2) is 14.6 Å². The Morgan fingerprint density at radius 1 is 1.05 bits per heavy atom. The second-order valence-electron chi connectivity index (χ2n) is 8.94. The summed E-state index contributed by atoms with van der Waals surface area (Å²) in [5.74, 6) is -2.24. The minimum atomic E-state index is -4.88. The highest BCUT2D eigenvalue weighted by Gasteiger charge is 2.39. The van der Waals surface area contributed by atoms with Crippen LogP contribution in [0, 0.1) is 0 Å². The van der Waals surface area contributed by atoms with Crippen molar-refractivity contribution in [3.8, 4) is 11.4 Å². The quantitative estimate of drug-likeness (QED) is 0.372. The lowest BCUT2D eigenvalue weighted by Crippen LogP contribution is -2.38. The van der Waals surface area contributed by atoms with E-state index in [0.29, 0.717) is 24.3 Å². The third-order valence-electron chi connectivity index (χ3n) is 6.48. The number of carbonyl (C=O) groups is 1. The summed E-state index contributed by atoms with van der Waals surface area (Å²) in [6.07, 6.45) is -6.23. The molecule has 2 aromatic heterocycles. The van der Waals surface area contributed by atoms with Crippen molar-refractivity contribution in [2.45, 2.75) is 50.8 Å². The van der Waals surface area contributed by atoms with Gasteiger partial charge in [0.15, 0.2) is 6.23 Å². The predicted octanol–water partition coefficient (Wildman–Crippen LogP) is 5.93. The Morgan fingerprint density at radius 2 is 1.84 bits per heavy atom. The number of aromatic nitrogens is 4. The van der Waals surface area contributed by atoms with Crippen molar-refractivity contribution in [1.29, 1.82) is 0 Å². The minimum absolute atomic E-state index is 0.00813. The maximum atomic E-state index is 13.8. The molecule has 1 fully saturated rings. The summed E-state index contributed by atoms with van der Waals surface area (Å²) >= 11 is 5.91. The lowest BCUT2D eigenvalue weighted by molar-refractivity contribution is -0.145. The summed E-state index contributed by atoms with van der Waals surface area (Å²) in [7, 11) is 0. The van der Waals surface area contributed by atoms with Crippen LogP contribution in [-0.4, -0.2) is 43.7 Å². The van der Waals surface area contributed by atoms with Crippen LogP contribution in [0.3, 0.4) is 0 Å². The normalized spacial score (nSPS) is 18.4. The van der Waals surface area contributed by atoms with Gasteiger partial charge in [-0.3, -0.25) is 4.79 Å². The van der Waals surface area contributed by atoms with E-state index in [-0.39, 0.29) is 30.9 Å². The first-order valence-electron chi connectivity index (χ1n) is 11.7. The second-order valence-corrected chi connectivity index (χ2v) is 9.32. The lowest BCUT2D eigenvalue weighted by atomic mass is 9.99. The largest absolute Gasteiger partial charge is 0.451 e. The first-order valence-corrected chi connectivity index (χ1v) is 12.1. The molecule has 0 saturated carbocycles. The standard InChI is InChI=1S/C24H20ClF6N5O2/c25-19-14(4-3-5-15(19)23(26,27)28)21(37)35-10-8-13-16(12-35)33-22(24(29,30)31)34-20(13)17-7-9-32-36(17)18-6-1-2-11-38-18/h3-5,7,9,18H,1-2,6,8,10-12H2. The SMILES string of the molecule is O=C(c1cccc(C(F)(F)F)c1Cl)N1CCc2c(nc(C(F)(F)F)nc2-c2ccnn2C2CCCCO2)C1. The van der Waals surface area contributed by atoms with Crippen molar-refractivity contribution in [3.63, 3.8) is 0 Å². The molecule has 7 nitrogen and oxygen atoms in total. The summed E-state index contributed by atoms with van der Waals surface area (Å²) in [5.41, 5.74) is -0.885. The number of ether oxygens (including phenoxy) is 1. The monoisotopic (exact) mass is 559 g/mol. The van der Waals surface area contributed by atoms with Crippen LogP contribution in [0.25, 0.3) is 11.4 Å². The molecule has 0 aliphatic carbocycles.